The lowest BCUT2D eigenvalue weighted by molar-refractivity contribution is -0.137. The Kier molecular flexibility index (Phi) is 8.01. The van der Waals surface area contributed by atoms with Gasteiger partial charge in [-0.3, -0.25) is 14.4 Å². The molecule has 4 N–H and O–H groups in total. The standard InChI is InChI=1S/C24H27N3O6/c1-2-7-20(23(31)26-12-21(28)25-13-22(29)30)27-24(32)33-14-19-17-10-5-3-8-15(17)16-9-4-6-11-18(16)19/h3-6,8-11,19-20H,2,7,12-14H2,1H3,(H,25,28)(H,26,31)(H,27,32)(H,29,30)/t20-/m1/s1. The monoisotopic (exact) mass is 453 g/mol. The van der Waals surface area contributed by atoms with Crippen molar-refractivity contribution in [2.75, 3.05) is 19.7 Å². The summed E-state index contributed by atoms with van der Waals surface area (Å²) in [4.78, 5) is 47.0. The Labute approximate surface area is 191 Å². The summed E-state index contributed by atoms with van der Waals surface area (Å²) in [5.41, 5.74) is 4.40. The van der Waals surface area contributed by atoms with Crippen molar-refractivity contribution in [3.8, 4) is 11.1 Å². The second-order valence-electron chi connectivity index (χ2n) is 7.70. The molecule has 1 atom stereocenters. The first-order valence-corrected chi connectivity index (χ1v) is 10.8. The van der Waals surface area contributed by atoms with E-state index in [9.17, 15) is 19.2 Å². The molecule has 1 aliphatic carbocycles. The van der Waals surface area contributed by atoms with Crippen LogP contribution in [-0.2, 0) is 19.1 Å². The van der Waals surface area contributed by atoms with Crippen molar-refractivity contribution in [3.63, 3.8) is 0 Å². The normalized spacial score (nSPS) is 12.8. The maximum absolute atomic E-state index is 12.5. The van der Waals surface area contributed by atoms with Crippen molar-refractivity contribution in [2.45, 2.75) is 31.7 Å². The number of alkyl carbamates (subject to hydrolysis) is 1. The molecule has 174 valence electrons. The Morgan fingerprint density at radius 1 is 0.939 bits per heavy atom. The summed E-state index contributed by atoms with van der Waals surface area (Å²) >= 11 is 0. The largest absolute Gasteiger partial charge is 0.480 e. The van der Waals surface area contributed by atoms with Crippen LogP contribution in [0.2, 0.25) is 0 Å². The van der Waals surface area contributed by atoms with Gasteiger partial charge in [0.1, 0.15) is 19.2 Å². The van der Waals surface area contributed by atoms with E-state index < -0.39 is 43.0 Å². The van der Waals surface area contributed by atoms with Crippen molar-refractivity contribution < 1.29 is 29.0 Å². The third kappa shape index (κ3) is 6.09. The minimum atomic E-state index is -1.18. The SMILES string of the molecule is CCC[C@@H](NC(=O)OCC1c2ccccc2-c2ccccc21)C(=O)NCC(=O)NCC(=O)O. The topological polar surface area (TPSA) is 134 Å². The van der Waals surface area contributed by atoms with Gasteiger partial charge in [-0.15, -0.1) is 0 Å². The van der Waals surface area contributed by atoms with Crippen molar-refractivity contribution in [3.05, 3.63) is 59.7 Å². The highest BCUT2D eigenvalue weighted by atomic mass is 16.5. The highest BCUT2D eigenvalue weighted by molar-refractivity contribution is 5.90. The number of ether oxygens (including phenoxy) is 1. The maximum Gasteiger partial charge on any atom is 0.407 e. The molecule has 9 nitrogen and oxygen atoms in total. The minimum absolute atomic E-state index is 0.0977. The number of carboxylic acid groups (broad SMARTS) is 1. The van der Waals surface area contributed by atoms with Crippen LogP contribution in [0.4, 0.5) is 4.79 Å². The van der Waals surface area contributed by atoms with Gasteiger partial charge in [-0.05, 0) is 28.7 Å². The van der Waals surface area contributed by atoms with Gasteiger partial charge in [-0.25, -0.2) is 4.79 Å². The fourth-order valence-corrected chi connectivity index (χ4v) is 3.87. The van der Waals surface area contributed by atoms with Crippen LogP contribution in [0.3, 0.4) is 0 Å². The number of rotatable bonds is 10. The number of nitrogens with one attached hydrogen (secondary N) is 3. The quantitative estimate of drug-likeness (QED) is 0.435. The number of aliphatic carboxylic acids is 1. The van der Waals surface area contributed by atoms with Gasteiger partial charge in [0.2, 0.25) is 11.8 Å². The summed E-state index contributed by atoms with van der Waals surface area (Å²) in [5.74, 6) is -2.46. The van der Waals surface area contributed by atoms with Crippen LogP contribution in [0.1, 0.15) is 36.8 Å². The lowest BCUT2D eigenvalue weighted by Gasteiger charge is -2.19. The molecule has 1 aliphatic rings. The average Bonchev–Trinajstić information content (AvgIpc) is 3.13. The molecule has 0 saturated carbocycles. The molecule has 2 aromatic carbocycles. The van der Waals surface area contributed by atoms with E-state index in [1.54, 1.807) is 0 Å². The number of amides is 3. The molecule has 33 heavy (non-hydrogen) atoms. The zero-order valence-electron chi connectivity index (χ0n) is 18.3. The van der Waals surface area contributed by atoms with Crippen LogP contribution in [0.5, 0.6) is 0 Å². The third-order valence-corrected chi connectivity index (χ3v) is 5.39. The second kappa shape index (κ2) is 11.1. The van der Waals surface area contributed by atoms with E-state index in [2.05, 4.69) is 16.0 Å². The van der Waals surface area contributed by atoms with Crippen LogP contribution in [0.15, 0.2) is 48.5 Å². The van der Waals surface area contributed by atoms with Gasteiger partial charge < -0.3 is 25.8 Å². The third-order valence-electron chi connectivity index (χ3n) is 5.39. The molecule has 0 spiro atoms. The minimum Gasteiger partial charge on any atom is -0.480 e. The van der Waals surface area contributed by atoms with Crippen molar-refractivity contribution in [1.29, 1.82) is 0 Å². The maximum atomic E-state index is 12.5. The lowest BCUT2D eigenvalue weighted by Crippen LogP contribution is -2.49. The van der Waals surface area contributed by atoms with Gasteiger partial charge in [-0.1, -0.05) is 61.9 Å². The highest BCUT2D eigenvalue weighted by Gasteiger charge is 2.29. The summed E-state index contributed by atoms with van der Waals surface area (Å²) in [6, 6.07) is 15.1. The summed E-state index contributed by atoms with van der Waals surface area (Å²) in [6.45, 7) is 1.06. The van der Waals surface area contributed by atoms with E-state index in [1.165, 1.54) is 0 Å². The number of carbonyl (C=O) groups is 4. The van der Waals surface area contributed by atoms with Gasteiger partial charge in [0.25, 0.3) is 0 Å². The van der Waals surface area contributed by atoms with Crippen LogP contribution in [0.25, 0.3) is 11.1 Å². The van der Waals surface area contributed by atoms with E-state index in [0.29, 0.717) is 12.8 Å². The predicted octanol–water partition coefficient (Wildman–Crippen LogP) is 2.01. The summed E-state index contributed by atoms with van der Waals surface area (Å²) in [5, 5.41) is 15.7. The molecule has 0 fully saturated rings. The molecule has 9 heteroatoms. The van der Waals surface area contributed by atoms with E-state index >= 15 is 0 Å². The molecule has 0 radical (unpaired) electrons. The molecule has 2 aromatic rings. The summed E-state index contributed by atoms with van der Waals surface area (Å²) in [6.07, 6.45) is 0.250. The number of carbonyl (C=O) groups excluding carboxylic acids is 3. The average molecular weight is 453 g/mol. The van der Waals surface area contributed by atoms with Crippen LogP contribution in [0, 0.1) is 0 Å². The van der Waals surface area contributed by atoms with E-state index in [4.69, 9.17) is 9.84 Å². The molecular formula is C24H27N3O6. The van der Waals surface area contributed by atoms with Gasteiger partial charge in [0.15, 0.2) is 0 Å². The molecule has 0 bridgehead atoms. The molecule has 0 saturated heterocycles. The zero-order valence-corrected chi connectivity index (χ0v) is 18.3. The Morgan fingerprint density at radius 3 is 2.12 bits per heavy atom. The first-order chi connectivity index (χ1) is 15.9. The Balaban J connectivity index is 1.55. The fraction of sp³-hybridized carbons (Fsp3) is 0.333. The van der Waals surface area contributed by atoms with E-state index in [-0.39, 0.29) is 12.5 Å². The first-order valence-electron chi connectivity index (χ1n) is 10.8. The van der Waals surface area contributed by atoms with Crippen molar-refractivity contribution in [2.24, 2.45) is 0 Å². The van der Waals surface area contributed by atoms with Crippen LogP contribution in [-0.4, -0.2) is 54.7 Å². The second-order valence-corrected chi connectivity index (χ2v) is 7.70. The molecular weight excluding hydrogens is 426 g/mol. The fourth-order valence-electron chi connectivity index (χ4n) is 3.87. The van der Waals surface area contributed by atoms with E-state index in [1.807, 2.05) is 55.5 Å². The Morgan fingerprint density at radius 2 is 1.55 bits per heavy atom. The number of hydrogen-bond acceptors (Lipinski definition) is 5. The molecule has 0 heterocycles. The number of benzene rings is 2. The predicted molar refractivity (Wildman–Crippen MR) is 121 cm³/mol. The van der Waals surface area contributed by atoms with Gasteiger partial charge in [0.05, 0.1) is 6.54 Å². The number of carboxylic acids is 1. The molecule has 0 unspecified atom stereocenters. The van der Waals surface area contributed by atoms with Crippen LogP contribution >= 0.6 is 0 Å². The highest BCUT2D eigenvalue weighted by Crippen LogP contribution is 2.44. The number of hydrogen-bond donors (Lipinski definition) is 4. The zero-order chi connectivity index (χ0) is 23.8. The van der Waals surface area contributed by atoms with Gasteiger partial charge in [0, 0.05) is 5.92 Å². The summed E-state index contributed by atoms with van der Waals surface area (Å²) < 4.78 is 5.48. The smallest absolute Gasteiger partial charge is 0.407 e. The molecule has 3 amide bonds. The summed E-state index contributed by atoms with van der Waals surface area (Å²) in [7, 11) is 0. The Hall–Kier alpha value is -3.88. The van der Waals surface area contributed by atoms with Gasteiger partial charge in [-0.2, -0.15) is 0 Å². The Bertz CT molecular complexity index is 993. The molecule has 0 aliphatic heterocycles. The molecule has 0 aromatic heterocycles. The van der Waals surface area contributed by atoms with E-state index in [0.717, 1.165) is 22.3 Å². The van der Waals surface area contributed by atoms with Crippen molar-refractivity contribution in [1.82, 2.24) is 16.0 Å². The number of fused-ring (bicyclic) bond motifs is 3. The lowest BCUT2D eigenvalue weighted by atomic mass is 9.98. The van der Waals surface area contributed by atoms with Gasteiger partial charge >= 0.3 is 12.1 Å². The first kappa shape index (κ1) is 23.8. The molecule has 3 rings (SSSR count). The van der Waals surface area contributed by atoms with Crippen molar-refractivity contribution >= 4 is 23.9 Å². The van der Waals surface area contributed by atoms with Crippen LogP contribution < -0.4 is 16.0 Å².